The molecule has 2 aromatic rings. The van der Waals surface area contributed by atoms with Crippen molar-refractivity contribution in [2.24, 2.45) is 0 Å². The van der Waals surface area contributed by atoms with E-state index in [9.17, 15) is 21.6 Å². The molecule has 1 N–H and O–H groups in total. The molecule has 3 rings (SSSR count). The highest BCUT2D eigenvalue weighted by atomic mass is 32.2. The van der Waals surface area contributed by atoms with Gasteiger partial charge in [0.25, 0.3) is 0 Å². The van der Waals surface area contributed by atoms with Crippen LogP contribution in [0.5, 0.6) is 0 Å². The van der Waals surface area contributed by atoms with Crippen molar-refractivity contribution in [3.8, 4) is 0 Å². The molecule has 0 radical (unpaired) electrons. The smallest absolute Gasteiger partial charge is 0.247 e. The lowest BCUT2D eigenvalue weighted by Gasteiger charge is -2.28. The van der Waals surface area contributed by atoms with Gasteiger partial charge in [-0.1, -0.05) is 18.2 Å². The van der Waals surface area contributed by atoms with Crippen LogP contribution < -0.4 is 9.62 Å². The summed E-state index contributed by atoms with van der Waals surface area (Å²) in [5.41, 5.74) is 0.767. The Kier molecular flexibility index (Phi) is 6.49. The summed E-state index contributed by atoms with van der Waals surface area (Å²) in [6, 6.07) is 13.3. The predicted octanol–water partition coefficient (Wildman–Crippen LogP) is 2.26. The van der Waals surface area contributed by atoms with E-state index in [-0.39, 0.29) is 4.90 Å². The van der Waals surface area contributed by atoms with Crippen LogP contribution in [0.15, 0.2) is 59.5 Å². The molecule has 1 atom stereocenters. The minimum atomic E-state index is -3.70. The van der Waals surface area contributed by atoms with Crippen molar-refractivity contribution in [3.63, 3.8) is 0 Å². The van der Waals surface area contributed by atoms with Gasteiger partial charge in [-0.2, -0.15) is 4.31 Å². The molecule has 1 saturated heterocycles. The van der Waals surface area contributed by atoms with Crippen molar-refractivity contribution in [1.29, 1.82) is 0 Å². The van der Waals surface area contributed by atoms with E-state index >= 15 is 0 Å². The molecule has 0 aromatic heterocycles. The van der Waals surface area contributed by atoms with Gasteiger partial charge in [-0.3, -0.25) is 9.10 Å². The molecule has 1 fully saturated rings. The van der Waals surface area contributed by atoms with E-state index in [1.165, 1.54) is 35.5 Å². The first-order chi connectivity index (χ1) is 14.1. The molecule has 8 nitrogen and oxygen atoms in total. The van der Waals surface area contributed by atoms with Gasteiger partial charge in [-0.05, 0) is 56.2 Å². The summed E-state index contributed by atoms with van der Waals surface area (Å²) in [4.78, 5) is 12.9. The Bertz CT molecular complexity index is 1090. The molecule has 2 aromatic carbocycles. The van der Waals surface area contributed by atoms with Crippen LogP contribution in [0.4, 0.5) is 11.4 Å². The standard InChI is InChI=1S/C20H25N3O5S2/c1-16(23(29(2,25)26)18-8-4-3-5-9-18)20(24)21-17-10-12-19(13-11-17)30(27,28)22-14-6-7-15-22/h3-5,8-13,16H,6-7,14-15H2,1-2H3,(H,21,24). The number of carbonyl (C=O) groups is 1. The summed E-state index contributed by atoms with van der Waals surface area (Å²) in [5, 5.41) is 2.66. The Balaban J connectivity index is 1.76. The van der Waals surface area contributed by atoms with Crippen LogP contribution in [0.3, 0.4) is 0 Å². The van der Waals surface area contributed by atoms with Crippen LogP contribution >= 0.6 is 0 Å². The number of hydrogen-bond donors (Lipinski definition) is 1. The normalized spacial score (nSPS) is 16.2. The fourth-order valence-electron chi connectivity index (χ4n) is 3.42. The average molecular weight is 452 g/mol. The maximum atomic E-state index is 12.7. The third kappa shape index (κ3) is 4.82. The number of amides is 1. The maximum Gasteiger partial charge on any atom is 0.247 e. The molecule has 162 valence electrons. The Labute approximate surface area is 177 Å². The molecule has 0 bridgehead atoms. The second-order valence-electron chi connectivity index (χ2n) is 7.20. The zero-order valence-corrected chi connectivity index (χ0v) is 18.5. The average Bonchev–Trinajstić information content (AvgIpc) is 3.24. The molecule has 1 aliphatic heterocycles. The van der Waals surface area contributed by atoms with Crippen molar-refractivity contribution in [1.82, 2.24) is 4.31 Å². The van der Waals surface area contributed by atoms with E-state index in [0.717, 1.165) is 23.4 Å². The number of carbonyl (C=O) groups excluding carboxylic acids is 1. The molecule has 1 heterocycles. The monoisotopic (exact) mass is 451 g/mol. The predicted molar refractivity (Wildman–Crippen MR) is 116 cm³/mol. The van der Waals surface area contributed by atoms with Gasteiger partial charge in [0.2, 0.25) is 26.0 Å². The quantitative estimate of drug-likeness (QED) is 0.695. The number of nitrogens with zero attached hydrogens (tertiary/aromatic N) is 2. The van der Waals surface area contributed by atoms with Gasteiger partial charge >= 0.3 is 0 Å². The van der Waals surface area contributed by atoms with Crippen molar-refractivity contribution in [2.45, 2.75) is 30.7 Å². The van der Waals surface area contributed by atoms with E-state index in [1.807, 2.05) is 0 Å². The molecule has 0 saturated carbocycles. The topological polar surface area (TPSA) is 104 Å². The summed E-state index contributed by atoms with van der Waals surface area (Å²) in [7, 11) is -7.24. The highest BCUT2D eigenvalue weighted by Gasteiger charge is 2.30. The lowest BCUT2D eigenvalue weighted by atomic mass is 10.2. The van der Waals surface area contributed by atoms with Gasteiger partial charge in [-0.25, -0.2) is 16.8 Å². The fraction of sp³-hybridized carbons (Fsp3) is 0.350. The molecule has 1 aliphatic rings. The van der Waals surface area contributed by atoms with Crippen LogP contribution in [0.2, 0.25) is 0 Å². The van der Waals surface area contributed by atoms with E-state index < -0.39 is 32.0 Å². The number of sulfonamides is 2. The number of benzene rings is 2. The first-order valence-electron chi connectivity index (χ1n) is 9.56. The highest BCUT2D eigenvalue weighted by molar-refractivity contribution is 7.92. The third-order valence-corrected chi connectivity index (χ3v) is 8.08. The van der Waals surface area contributed by atoms with Gasteiger partial charge < -0.3 is 5.32 Å². The minimum absolute atomic E-state index is 0.164. The first kappa shape index (κ1) is 22.3. The summed E-state index contributed by atoms with van der Waals surface area (Å²) < 4.78 is 52.3. The highest BCUT2D eigenvalue weighted by Crippen LogP contribution is 2.24. The van der Waals surface area contributed by atoms with Gasteiger partial charge in [0.15, 0.2) is 0 Å². The second kappa shape index (κ2) is 8.75. The van der Waals surface area contributed by atoms with Crippen LogP contribution in [0.25, 0.3) is 0 Å². The van der Waals surface area contributed by atoms with Crippen LogP contribution in [-0.4, -0.2) is 52.4 Å². The summed E-state index contributed by atoms with van der Waals surface area (Å²) in [6.07, 6.45) is 2.74. The minimum Gasteiger partial charge on any atom is -0.324 e. The molecular formula is C20H25N3O5S2. The molecule has 0 aliphatic carbocycles. The van der Waals surface area contributed by atoms with E-state index in [0.29, 0.717) is 24.5 Å². The number of para-hydroxylation sites is 1. The molecule has 1 unspecified atom stereocenters. The van der Waals surface area contributed by atoms with Crippen molar-refractivity contribution in [2.75, 3.05) is 29.0 Å². The largest absolute Gasteiger partial charge is 0.324 e. The molecule has 10 heteroatoms. The van der Waals surface area contributed by atoms with Crippen LogP contribution in [-0.2, 0) is 24.8 Å². The van der Waals surface area contributed by atoms with Gasteiger partial charge in [-0.15, -0.1) is 0 Å². The van der Waals surface area contributed by atoms with Gasteiger partial charge in [0, 0.05) is 18.8 Å². The van der Waals surface area contributed by atoms with Crippen molar-refractivity contribution in [3.05, 3.63) is 54.6 Å². The van der Waals surface area contributed by atoms with Gasteiger partial charge in [0.1, 0.15) is 6.04 Å². The summed E-state index contributed by atoms with van der Waals surface area (Å²) >= 11 is 0. The van der Waals surface area contributed by atoms with Crippen LogP contribution in [0, 0.1) is 0 Å². The van der Waals surface area contributed by atoms with E-state index in [1.54, 1.807) is 30.3 Å². The van der Waals surface area contributed by atoms with Crippen molar-refractivity contribution >= 4 is 37.3 Å². The Morgan fingerprint density at radius 2 is 1.53 bits per heavy atom. The number of nitrogens with one attached hydrogen (secondary N) is 1. The fourth-order valence-corrected chi connectivity index (χ4v) is 6.11. The number of hydrogen-bond acceptors (Lipinski definition) is 5. The SMILES string of the molecule is CC(C(=O)Nc1ccc(S(=O)(=O)N2CCCC2)cc1)N(c1ccccc1)S(C)(=O)=O. The lowest BCUT2D eigenvalue weighted by molar-refractivity contribution is -0.116. The molecule has 30 heavy (non-hydrogen) atoms. The maximum absolute atomic E-state index is 12.7. The van der Waals surface area contributed by atoms with Crippen LogP contribution in [0.1, 0.15) is 19.8 Å². The third-order valence-electron chi connectivity index (χ3n) is 4.92. The molecule has 1 amide bonds. The molecular weight excluding hydrogens is 426 g/mol. The molecule has 0 spiro atoms. The van der Waals surface area contributed by atoms with E-state index in [2.05, 4.69) is 5.32 Å². The summed E-state index contributed by atoms with van der Waals surface area (Å²) in [6.45, 7) is 2.52. The Morgan fingerprint density at radius 1 is 0.967 bits per heavy atom. The summed E-state index contributed by atoms with van der Waals surface area (Å²) in [5.74, 6) is -0.528. The lowest BCUT2D eigenvalue weighted by Crippen LogP contribution is -2.45. The zero-order valence-electron chi connectivity index (χ0n) is 16.9. The number of anilines is 2. The Hall–Kier alpha value is -2.43. The van der Waals surface area contributed by atoms with Gasteiger partial charge in [0.05, 0.1) is 16.8 Å². The Morgan fingerprint density at radius 3 is 2.07 bits per heavy atom. The first-order valence-corrected chi connectivity index (χ1v) is 12.8. The van der Waals surface area contributed by atoms with Crippen molar-refractivity contribution < 1.29 is 21.6 Å². The number of rotatable bonds is 7. The zero-order chi connectivity index (χ0) is 21.9. The van der Waals surface area contributed by atoms with E-state index in [4.69, 9.17) is 0 Å². The second-order valence-corrected chi connectivity index (χ2v) is 11.0.